The summed E-state index contributed by atoms with van der Waals surface area (Å²) in [4.78, 5) is 14.4. The quantitative estimate of drug-likeness (QED) is 0.811. The molecule has 3 atom stereocenters. The maximum absolute atomic E-state index is 12.6. The lowest BCUT2D eigenvalue weighted by atomic mass is 10.0. The predicted molar refractivity (Wildman–Crippen MR) is 79.6 cm³/mol. The average Bonchev–Trinajstić information content (AvgIpc) is 3.08. The molecule has 1 amide bonds. The lowest BCUT2D eigenvalue weighted by Gasteiger charge is -2.16. The highest BCUT2D eigenvalue weighted by molar-refractivity contribution is 6.31. The van der Waals surface area contributed by atoms with Gasteiger partial charge in [0.1, 0.15) is 5.58 Å². The minimum absolute atomic E-state index is 0.0621. The summed E-state index contributed by atoms with van der Waals surface area (Å²) >= 11 is 5.96. The number of fused-ring (bicyclic) bond motifs is 2. The number of hydrogen-bond acceptors (Lipinski definition) is 3. The Morgan fingerprint density at radius 3 is 3.00 bits per heavy atom. The third kappa shape index (κ3) is 2.23. The third-order valence-corrected chi connectivity index (χ3v) is 4.63. The summed E-state index contributed by atoms with van der Waals surface area (Å²) in [5, 5.41) is 1.50. The molecule has 0 saturated carbocycles. The minimum atomic E-state index is -0.0621. The Hall–Kier alpha value is -1.52. The van der Waals surface area contributed by atoms with Gasteiger partial charge in [0.25, 0.3) is 5.91 Å². The number of carbonyl (C=O) groups is 1. The predicted octanol–water partition coefficient (Wildman–Crippen LogP) is 3.34. The smallest absolute Gasteiger partial charge is 0.289 e. The Balaban J connectivity index is 1.57. The van der Waals surface area contributed by atoms with E-state index in [1.807, 2.05) is 4.90 Å². The van der Waals surface area contributed by atoms with Gasteiger partial charge in [-0.25, -0.2) is 0 Å². The van der Waals surface area contributed by atoms with Gasteiger partial charge in [0, 0.05) is 29.4 Å². The summed E-state index contributed by atoms with van der Waals surface area (Å²) in [6.07, 6.45) is 1.53. The zero-order chi connectivity index (χ0) is 14.6. The van der Waals surface area contributed by atoms with E-state index in [4.69, 9.17) is 20.8 Å². The van der Waals surface area contributed by atoms with Crippen LogP contribution in [0.4, 0.5) is 0 Å². The molecule has 4 rings (SSSR count). The fraction of sp³-hybridized carbons (Fsp3) is 0.438. The molecule has 2 aliphatic rings. The molecule has 0 aliphatic carbocycles. The summed E-state index contributed by atoms with van der Waals surface area (Å²) in [5.41, 5.74) is 0.687. The summed E-state index contributed by atoms with van der Waals surface area (Å²) in [6.45, 7) is 3.50. The molecule has 2 aromatic rings. The number of rotatable bonds is 1. The molecule has 1 aromatic heterocycles. The molecule has 2 saturated heterocycles. The van der Waals surface area contributed by atoms with Crippen molar-refractivity contribution in [2.24, 2.45) is 5.92 Å². The third-order valence-electron chi connectivity index (χ3n) is 4.40. The summed E-state index contributed by atoms with van der Waals surface area (Å²) < 4.78 is 11.5. The van der Waals surface area contributed by atoms with Crippen molar-refractivity contribution in [2.75, 3.05) is 13.1 Å². The van der Waals surface area contributed by atoms with Crippen molar-refractivity contribution in [1.82, 2.24) is 4.90 Å². The van der Waals surface area contributed by atoms with Crippen LogP contribution in [0.3, 0.4) is 0 Å². The molecule has 0 unspecified atom stereocenters. The Bertz CT molecular complexity index is 697. The molecule has 0 bridgehead atoms. The summed E-state index contributed by atoms with van der Waals surface area (Å²) in [6, 6.07) is 7.12. The number of furan rings is 1. The number of ether oxygens (including phenoxy) is 1. The Morgan fingerprint density at radius 1 is 1.33 bits per heavy atom. The van der Waals surface area contributed by atoms with Gasteiger partial charge in [-0.05, 0) is 37.6 Å². The van der Waals surface area contributed by atoms with Crippen LogP contribution in [0.1, 0.15) is 23.9 Å². The Kier molecular flexibility index (Phi) is 2.98. The molecule has 0 radical (unpaired) electrons. The van der Waals surface area contributed by atoms with Gasteiger partial charge in [0.2, 0.25) is 0 Å². The molecular formula is C16H16ClNO3. The highest BCUT2D eigenvalue weighted by Crippen LogP contribution is 2.34. The highest BCUT2D eigenvalue weighted by Gasteiger charge is 2.42. The van der Waals surface area contributed by atoms with Crippen LogP contribution in [-0.4, -0.2) is 36.1 Å². The van der Waals surface area contributed by atoms with Crippen molar-refractivity contribution in [1.29, 1.82) is 0 Å². The van der Waals surface area contributed by atoms with Crippen molar-refractivity contribution in [3.63, 3.8) is 0 Å². The summed E-state index contributed by atoms with van der Waals surface area (Å²) in [5.74, 6) is 0.774. The van der Waals surface area contributed by atoms with E-state index in [9.17, 15) is 4.79 Å². The van der Waals surface area contributed by atoms with Crippen molar-refractivity contribution in [2.45, 2.75) is 25.6 Å². The molecular weight excluding hydrogens is 290 g/mol. The lowest BCUT2D eigenvalue weighted by molar-refractivity contribution is 0.0435. The van der Waals surface area contributed by atoms with E-state index in [1.54, 1.807) is 24.3 Å². The van der Waals surface area contributed by atoms with Gasteiger partial charge in [-0.2, -0.15) is 0 Å². The van der Waals surface area contributed by atoms with E-state index in [0.29, 0.717) is 34.9 Å². The van der Waals surface area contributed by atoms with Crippen LogP contribution >= 0.6 is 11.6 Å². The largest absolute Gasteiger partial charge is 0.451 e. The standard InChI is InChI=1S/C16H16ClNO3/c1-9-4-11-7-18(8-15(11)20-9)16(19)14-6-10-5-12(17)2-3-13(10)21-14/h2-3,5-6,9,11,15H,4,7-8H2,1H3/t9-,11+,15-/m1/s1. The normalized spacial score (nSPS) is 28.3. The number of benzene rings is 1. The van der Waals surface area contributed by atoms with Gasteiger partial charge in [-0.3, -0.25) is 4.79 Å². The zero-order valence-corrected chi connectivity index (χ0v) is 12.5. The van der Waals surface area contributed by atoms with E-state index in [-0.39, 0.29) is 12.0 Å². The van der Waals surface area contributed by atoms with E-state index in [2.05, 4.69) is 6.92 Å². The van der Waals surface area contributed by atoms with Crippen LogP contribution in [0.5, 0.6) is 0 Å². The lowest BCUT2D eigenvalue weighted by Crippen LogP contribution is -2.30. The number of likely N-dealkylation sites (tertiary alicyclic amines) is 1. The van der Waals surface area contributed by atoms with Crippen molar-refractivity contribution in [3.8, 4) is 0 Å². The second-order valence-corrected chi connectivity index (χ2v) is 6.42. The molecule has 1 aromatic carbocycles. The molecule has 2 aliphatic heterocycles. The van der Waals surface area contributed by atoms with Gasteiger partial charge in [-0.15, -0.1) is 0 Å². The molecule has 4 nitrogen and oxygen atoms in total. The number of nitrogens with zero attached hydrogens (tertiary/aromatic N) is 1. The molecule has 0 spiro atoms. The van der Waals surface area contributed by atoms with Crippen LogP contribution in [0.15, 0.2) is 28.7 Å². The van der Waals surface area contributed by atoms with E-state index < -0.39 is 0 Å². The second kappa shape index (κ2) is 4.75. The Labute approximate surface area is 127 Å². The van der Waals surface area contributed by atoms with Gasteiger partial charge in [0.15, 0.2) is 5.76 Å². The highest BCUT2D eigenvalue weighted by atomic mass is 35.5. The van der Waals surface area contributed by atoms with Crippen LogP contribution in [0.2, 0.25) is 5.02 Å². The van der Waals surface area contributed by atoms with Gasteiger partial charge < -0.3 is 14.1 Å². The maximum Gasteiger partial charge on any atom is 0.289 e. The minimum Gasteiger partial charge on any atom is -0.451 e. The monoisotopic (exact) mass is 305 g/mol. The van der Waals surface area contributed by atoms with E-state index in [0.717, 1.165) is 18.4 Å². The fourth-order valence-electron chi connectivity index (χ4n) is 3.44. The van der Waals surface area contributed by atoms with Crippen molar-refractivity contribution >= 4 is 28.5 Å². The fourth-order valence-corrected chi connectivity index (χ4v) is 3.62. The molecule has 2 fully saturated rings. The first-order valence-corrected chi connectivity index (χ1v) is 7.62. The molecule has 5 heteroatoms. The second-order valence-electron chi connectivity index (χ2n) is 5.98. The number of carbonyl (C=O) groups excluding carboxylic acids is 1. The average molecular weight is 306 g/mol. The molecule has 110 valence electrons. The van der Waals surface area contributed by atoms with Crippen LogP contribution in [0, 0.1) is 5.92 Å². The van der Waals surface area contributed by atoms with Gasteiger partial charge >= 0.3 is 0 Å². The van der Waals surface area contributed by atoms with E-state index in [1.165, 1.54) is 0 Å². The first-order chi connectivity index (χ1) is 10.1. The van der Waals surface area contributed by atoms with Crippen molar-refractivity contribution < 1.29 is 13.9 Å². The van der Waals surface area contributed by atoms with Crippen LogP contribution < -0.4 is 0 Å². The zero-order valence-electron chi connectivity index (χ0n) is 11.7. The van der Waals surface area contributed by atoms with Gasteiger partial charge in [-0.1, -0.05) is 11.6 Å². The van der Waals surface area contributed by atoms with Gasteiger partial charge in [0.05, 0.1) is 12.2 Å². The topological polar surface area (TPSA) is 42.7 Å². The molecule has 21 heavy (non-hydrogen) atoms. The molecule has 0 N–H and O–H groups in total. The summed E-state index contributed by atoms with van der Waals surface area (Å²) in [7, 11) is 0. The first kappa shape index (κ1) is 13.2. The Morgan fingerprint density at radius 2 is 2.19 bits per heavy atom. The SMILES string of the molecule is C[C@@H]1C[C@H]2CN(C(=O)c3cc4cc(Cl)ccc4o3)C[C@H]2O1. The number of hydrogen-bond donors (Lipinski definition) is 0. The van der Waals surface area contributed by atoms with E-state index >= 15 is 0 Å². The van der Waals surface area contributed by atoms with Crippen molar-refractivity contribution in [3.05, 3.63) is 35.0 Å². The molecule has 3 heterocycles. The first-order valence-electron chi connectivity index (χ1n) is 7.24. The number of amides is 1. The number of halogens is 1. The van der Waals surface area contributed by atoms with Crippen LogP contribution in [-0.2, 0) is 4.74 Å². The van der Waals surface area contributed by atoms with Crippen LogP contribution in [0.25, 0.3) is 11.0 Å². The maximum atomic E-state index is 12.6.